The van der Waals surface area contributed by atoms with Gasteiger partial charge in [-0.25, -0.2) is 0 Å². The highest BCUT2D eigenvalue weighted by molar-refractivity contribution is 5.92. The summed E-state index contributed by atoms with van der Waals surface area (Å²) in [5.74, 6) is -0.0457. The van der Waals surface area contributed by atoms with Crippen molar-refractivity contribution in [3.05, 3.63) is 24.3 Å². The minimum atomic E-state index is -0.334. The molecule has 0 aromatic heterocycles. The van der Waals surface area contributed by atoms with Crippen LogP contribution in [0.3, 0.4) is 0 Å². The molecule has 0 aliphatic carbocycles. The maximum Gasteiger partial charge on any atom is 0.238 e. The van der Waals surface area contributed by atoms with E-state index in [1.54, 1.807) is 6.92 Å². The first-order valence-electron chi connectivity index (χ1n) is 6.82. The fourth-order valence-electron chi connectivity index (χ4n) is 1.77. The van der Waals surface area contributed by atoms with Crippen LogP contribution in [0.2, 0.25) is 0 Å². The van der Waals surface area contributed by atoms with Crippen LogP contribution in [-0.4, -0.2) is 56.3 Å². The van der Waals surface area contributed by atoms with Crippen LogP contribution in [0.4, 0.5) is 11.4 Å². The van der Waals surface area contributed by atoms with Crippen LogP contribution < -0.4 is 10.2 Å². The van der Waals surface area contributed by atoms with E-state index in [4.69, 9.17) is 0 Å². The smallest absolute Gasteiger partial charge is 0.238 e. The molecule has 0 fully saturated rings. The Hall–Kier alpha value is -1.59. The summed E-state index contributed by atoms with van der Waals surface area (Å²) in [6.45, 7) is 2.77. The molecule has 0 spiro atoms. The summed E-state index contributed by atoms with van der Waals surface area (Å²) in [4.78, 5) is 15.8. The van der Waals surface area contributed by atoms with Gasteiger partial charge >= 0.3 is 0 Å². The SMILES string of the molecule is CC(O)CCN(C)CC(=O)Nc1ccc(N(C)C)cc1. The van der Waals surface area contributed by atoms with E-state index in [2.05, 4.69) is 5.32 Å². The minimum Gasteiger partial charge on any atom is -0.393 e. The Morgan fingerprint density at radius 2 is 1.85 bits per heavy atom. The molecule has 0 aliphatic heterocycles. The fourth-order valence-corrected chi connectivity index (χ4v) is 1.77. The Balaban J connectivity index is 2.41. The molecular formula is C15H25N3O2. The second kappa shape index (κ2) is 7.87. The van der Waals surface area contributed by atoms with Gasteiger partial charge in [0.25, 0.3) is 0 Å². The lowest BCUT2D eigenvalue weighted by Gasteiger charge is -2.17. The van der Waals surface area contributed by atoms with Crippen LogP contribution in [0.25, 0.3) is 0 Å². The van der Waals surface area contributed by atoms with E-state index in [1.165, 1.54) is 0 Å². The Labute approximate surface area is 121 Å². The topological polar surface area (TPSA) is 55.8 Å². The van der Waals surface area contributed by atoms with E-state index in [1.807, 2.05) is 55.2 Å². The number of amides is 1. The molecule has 1 rings (SSSR count). The van der Waals surface area contributed by atoms with Crippen molar-refractivity contribution in [3.8, 4) is 0 Å². The molecule has 112 valence electrons. The second-order valence-corrected chi connectivity index (χ2v) is 5.36. The lowest BCUT2D eigenvalue weighted by Crippen LogP contribution is -2.32. The van der Waals surface area contributed by atoms with E-state index < -0.39 is 0 Å². The molecule has 1 amide bonds. The quantitative estimate of drug-likeness (QED) is 0.792. The van der Waals surface area contributed by atoms with Crippen LogP contribution in [0.5, 0.6) is 0 Å². The van der Waals surface area contributed by atoms with Gasteiger partial charge in [0.05, 0.1) is 12.6 Å². The van der Waals surface area contributed by atoms with Crippen LogP contribution in [-0.2, 0) is 4.79 Å². The van der Waals surface area contributed by atoms with Crippen LogP contribution >= 0.6 is 0 Å². The summed E-state index contributed by atoms with van der Waals surface area (Å²) in [5.41, 5.74) is 1.89. The van der Waals surface area contributed by atoms with Crippen molar-refractivity contribution in [1.29, 1.82) is 0 Å². The number of nitrogens with zero attached hydrogens (tertiary/aromatic N) is 2. The number of carbonyl (C=O) groups excluding carboxylic acids is 1. The number of carbonyl (C=O) groups is 1. The van der Waals surface area contributed by atoms with Crippen LogP contribution in [0, 0.1) is 0 Å². The molecule has 1 aromatic rings. The van der Waals surface area contributed by atoms with Crippen LogP contribution in [0.1, 0.15) is 13.3 Å². The highest BCUT2D eigenvalue weighted by atomic mass is 16.3. The first kappa shape index (κ1) is 16.5. The Morgan fingerprint density at radius 3 is 2.35 bits per heavy atom. The molecule has 0 radical (unpaired) electrons. The molecule has 0 saturated heterocycles. The van der Waals surface area contributed by atoms with E-state index >= 15 is 0 Å². The predicted molar refractivity (Wildman–Crippen MR) is 83.2 cm³/mol. The Kier molecular flexibility index (Phi) is 6.48. The summed E-state index contributed by atoms with van der Waals surface area (Å²) < 4.78 is 0. The van der Waals surface area contributed by atoms with Crippen molar-refractivity contribution in [1.82, 2.24) is 4.90 Å². The minimum absolute atomic E-state index is 0.0457. The number of likely N-dealkylation sites (N-methyl/N-ethyl adjacent to an activating group) is 1. The van der Waals surface area contributed by atoms with E-state index in [-0.39, 0.29) is 12.0 Å². The normalized spacial score (nSPS) is 12.3. The number of hydrogen-bond acceptors (Lipinski definition) is 4. The van der Waals surface area contributed by atoms with Crippen LogP contribution in [0.15, 0.2) is 24.3 Å². The van der Waals surface area contributed by atoms with Gasteiger partial charge in [0, 0.05) is 32.0 Å². The number of hydrogen-bond donors (Lipinski definition) is 2. The predicted octanol–water partition coefficient (Wildman–Crippen LogP) is 1.39. The van der Waals surface area contributed by atoms with Crippen molar-refractivity contribution in [3.63, 3.8) is 0 Å². The van der Waals surface area contributed by atoms with Crippen molar-refractivity contribution >= 4 is 17.3 Å². The van der Waals surface area contributed by atoms with Crippen molar-refractivity contribution < 1.29 is 9.90 Å². The molecule has 1 unspecified atom stereocenters. The zero-order chi connectivity index (χ0) is 15.1. The van der Waals surface area contributed by atoms with E-state index in [9.17, 15) is 9.90 Å². The first-order chi connectivity index (χ1) is 9.38. The van der Waals surface area contributed by atoms with Crippen molar-refractivity contribution in [2.45, 2.75) is 19.4 Å². The molecule has 20 heavy (non-hydrogen) atoms. The molecule has 0 aliphatic rings. The molecule has 2 N–H and O–H groups in total. The summed E-state index contributed by atoms with van der Waals surface area (Å²) in [7, 11) is 5.83. The third kappa shape index (κ3) is 6.04. The highest BCUT2D eigenvalue weighted by Gasteiger charge is 2.08. The second-order valence-electron chi connectivity index (χ2n) is 5.36. The van der Waals surface area contributed by atoms with Gasteiger partial charge in [-0.05, 0) is 44.7 Å². The van der Waals surface area contributed by atoms with Gasteiger partial charge in [0.2, 0.25) is 5.91 Å². The average Bonchev–Trinajstić information content (AvgIpc) is 2.36. The third-order valence-electron chi connectivity index (χ3n) is 3.01. The molecule has 5 heteroatoms. The van der Waals surface area contributed by atoms with E-state index in [0.717, 1.165) is 11.4 Å². The number of aliphatic hydroxyl groups excluding tert-OH is 1. The lowest BCUT2D eigenvalue weighted by molar-refractivity contribution is -0.117. The molecule has 1 aromatic carbocycles. The van der Waals surface area contributed by atoms with Gasteiger partial charge in [-0.1, -0.05) is 0 Å². The van der Waals surface area contributed by atoms with E-state index in [0.29, 0.717) is 19.5 Å². The summed E-state index contributed by atoms with van der Waals surface area (Å²) in [6, 6.07) is 7.71. The molecule has 0 bridgehead atoms. The molecular weight excluding hydrogens is 254 g/mol. The number of rotatable bonds is 7. The maximum absolute atomic E-state index is 11.9. The molecule has 0 heterocycles. The first-order valence-corrected chi connectivity index (χ1v) is 6.82. The lowest BCUT2D eigenvalue weighted by atomic mass is 10.2. The molecule has 5 nitrogen and oxygen atoms in total. The fraction of sp³-hybridized carbons (Fsp3) is 0.533. The van der Waals surface area contributed by atoms with Gasteiger partial charge < -0.3 is 15.3 Å². The van der Waals surface area contributed by atoms with Gasteiger partial charge in [-0.2, -0.15) is 0 Å². The Morgan fingerprint density at radius 1 is 1.25 bits per heavy atom. The van der Waals surface area contributed by atoms with Gasteiger partial charge in [-0.15, -0.1) is 0 Å². The highest BCUT2D eigenvalue weighted by Crippen LogP contribution is 2.15. The number of anilines is 2. The summed E-state index contributed by atoms with van der Waals surface area (Å²) in [5, 5.41) is 12.1. The summed E-state index contributed by atoms with van der Waals surface area (Å²) >= 11 is 0. The third-order valence-corrected chi connectivity index (χ3v) is 3.01. The Bertz CT molecular complexity index is 416. The van der Waals surface area contributed by atoms with Crippen molar-refractivity contribution in [2.75, 3.05) is 44.4 Å². The average molecular weight is 279 g/mol. The zero-order valence-corrected chi connectivity index (χ0v) is 12.8. The number of aliphatic hydroxyl groups is 1. The van der Waals surface area contributed by atoms with Crippen molar-refractivity contribution in [2.24, 2.45) is 0 Å². The largest absolute Gasteiger partial charge is 0.393 e. The molecule has 1 atom stereocenters. The maximum atomic E-state index is 11.9. The van der Waals surface area contributed by atoms with Gasteiger partial charge in [0.1, 0.15) is 0 Å². The summed E-state index contributed by atoms with van der Waals surface area (Å²) in [6.07, 6.45) is 0.334. The molecule has 0 saturated carbocycles. The van der Waals surface area contributed by atoms with Gasteiger partial charge in [-0.3, -0.25) is 9.69 Å². The zero-order valence-electron chi connectivity index (χ0n) is 12.8. The number of nitrogens with one attached hydrogen (secondary N) is 1. The van der Waals surface area contributed by atoms with Gasteiger partial charge in [0.15, 0.2) is 0 Å². The number of benzene rings is 1. The standard InChI is InChI=1S/C15H25N3O2/c1-12(19)9-10-18(4)11-15(20)16-13-5-7-14(8-6-13)17(2)3/h5-8,12,19H,9-11H2,1-4H3,(H,16,20). The monoisotopic (exact) mass is 279 g/mol.